The SMILES string of the molecule is CC.CC.CCOCCN(CC(N)=O)C(=O)CC.Cc1c(F)cc2nc3c(c4c2c1CCC4)Cn1c-3cc2c(c1=O)COC(=O)C2O. The topological polar surface area (TPSA) is 154 Å². The van der Waals surface area contributed by atoms with Crippen LogP contribution in [-0.2, 0) is 49.9 Å². The third kappa shape index (κ3) is 7.54. The number of primary amides is 1. The molecule has 1 atom stereocenters. The van der Waals surface area contributed by atoms with Gasteiger partial charge in [0.15, 0.2) is 6.10 Å². The van der Waals surface area contributed by atoms with Crippen molar-refractivity contribution in [2.75, 3.05) is 26.3 Å². The third-order valence-corrected chi connectivity index (χ3v) is 8.25. The Balaban J connectivity index is 0.000000285. The van der Waals surface area contributed by atoms with E-state index in [4.69, 9.17) is 20.2 Å². The molecule has 2 amide bonds. The Bertz CT molecular complexity index is 1700. The minimum atomic E-state index is -1.48. The zero-order valence-electron chi connectivity index (χ0n) is 28.5. The molecule has 47 heavy (non-hydrogen) atoms. The lowest BCUT2D eigenvalue weighted by Gasteiger charge is -2.22. The number of nitrogens with zero attached hydrogens (tertiary/aromatic N) is 3. The Kier molecular flexibility index (Phi) is 13.2. The fourth-order valence-corrected chi connectivity index (χ4v) is 6.09. The first-order chi connectivity index (χ1) is 22.6. The van der Waals surface area contributed by atoms with Crippen LogP contribution in [0.2, 0.25) is 0 Å². The van der Waals surface area contributed by atoms with E-state index in [0.29, 0.717) is 60.8 Å². The number of nitrogens with two attached hydrogens (primary N) is 1. The van der Waals surface area contributed by atoms with E-state index >= 15 is 0 Å². The molecule has 0 saturated carbocycles. The highest BCUT2D eigenvalue weighted by Crippen LogP contribution is 2.42. The number of ether oxygens (including phenoxy) is 2. The Labute approximate surface area is 274 Å². The average Bonchev–Trinajstić information content (AvgIpc) is 3.45. The largest absolute Gasteiger partial charge is 0.458 e. The van der Waals surface area contributed by atoms with Crippen LogP contribution in [0.15, 0.2) is 16.9 Å². The van der Waals surface area contributed by atoms with Crippen molar-refractivity contribution in [1.29, 1.82) is 0 Å². The Hall–Kier alpha value is -4.16. The molecular formula is C35H47FN4O7. The molecule has 0 spiro atoms. The summed E-state index contributed by atoms with van der Waals surface area (Å²) in [6, 6.07) is 3.13. The number of aliphatic hydroxyl groups is 1. The van der Waals surface area contributed by atoms with Crippen LogP contribution < -0.4 is 11.3 Å². The van der Waals surface area contributed by atoms with Gasteiger partial charge >= 0.3 is 5.97 Å². The molecule has 2 aromatic heterocycles. The summed E-state index contributed by atoms with van der Waals surface area (Å²) in [6.07, 6.45) is 1.49. The number of benzene rings is 1. The van der Waals surface area contributed by atoms with Crippen LogP contribution in [0.1, 0.15) is 93.9 Å². The van der Waals surface area contributed by atoms with E-state index in [0.717, 1.165) is 41.3 Å². The van der Waals surface area contributed by atoms with E-state index in [-0.39, 0.29) is 36.0 Å². The van der Waals surface area contributed by atoms with Gasteiger partial charge in [-0.25, -0.2) is 14.2 Å². The lowest BCUT2D eigenvalue weighted by Crippen LogP contribution is -2.40. The molecular weight excluding hydrogens is 607 g/mol. The highest BCUT2D eigenvalue weighted by atomic mass is 19.1. The zero-order valence-corrected chi connectivity index (χ0v) is 28.5. The minimum Gasteiger partial charge on any atom is -0.458 e. The molecule has 6 rings (SSSR count). The molecule has 256 valence electrons. The lowest BCUT2D eigenvalue weighted by molar-refractivity contribution is -0.157. The van der Waals surface area contributed by atoms with Crippen LogP contribution >= 0.6 is 0 Å². The zero-order chi connectivity index (χ0) is 35.0. The fourth-order valence-electron chi connectivity index (χ4n) is 6.09. The molecule has 1 aromatic carbocycles. The number of hydrogen-bond donors (Lipinski definition) is 2. The van der Waals surface area contributed by atoms with Gasteiger partial charge in [-0.2, -0.15) is 0 Å². The number of carbonyl (C=O) groups is 3. The van der Waals surface area contributed by atoms with Gasteiger partial charge in [0.2, 0.25) is 11.8 Å². The van der Waals surface area contributed by atoms with Gasteiger partial charge in [-0.1, -0.05) is 34.6 Å². The van der Waals surface area contributed by atoms with Crippen molar-refractivity contribution < 1.29 is 33.4 Å². The van der Waals surface area contributed by atoms with Gasteiger partial charge in [0.25, 0.3) is 5.56 Å². The average molecular weight is 655 g/mol. The van der Waals surface area contributed by atoms with Gasteiger partial charge in [0.05, 0.1) is 42.2 Å². The van der Waals surface area contributed by atoms with Gasteiger partial charge < -0.3 is 29.8 Å². The molecule has 11 nitrogen and oxygen atoms in total. The van der Waals surface area contributed by atoms with Crippen molar-refractivity contribution in [3.63, 3.8) is 0 Å². The first kappa shape index (κ1) is 37.3. The number of hydrogen-bond acceptors (Lipinski definition) is 8. The molecule has 2 aliphatic heterocycles. The van der Waals surface area contributed by atoms with E-state index in [1.54, 1.807) is 24.5 Å². The maximum atomic E-state index is 14.5. The number of amides is 2. The molecule has 0 radical (unpaired) electrons. The van der Waals surface area contributed by atoms with Crippen molar-refractivity contribution in [2.24, 2.45) is 5.73 Å². The van der Waals surface area contributed by atoms with Crippen LogP contribution in [0.3, 0.4) is 0 Å². The van der Waals surface area contributed by atoms with Gasteiger partial charge in [0.1, 0.15) is 12.4 Å². The summed E-state index contributed by atoms with van der Waals surface area (Å²) in [5.41, 5.74) is 10.9. The number of esters is 1. The summed E-state index contributed by atoms with van der Waals surface area (Å²) in [7, 11) is 0. The monoisotopic (exact) mass is 654 g/mol. The number of rotatable bonds is 7. The quantitative estimate of drug-likeness (QED) is 0.222. The number of carbonyl (C=O) groups excluding carboxylic acids is 3. The van der Waals surface area contributed by atoms with Crippen molar-refractivity contribution in [3.05, 3.63) is 61.7 Å². The first-order valence-corrected chi connectivity index (χ1v) is 16.5. The maximum Gasteiger partial charge on any atom is 0.340 e. The molecule has 0 bridgehead atoms. The number of aryl methyl sites for hydroxylation is 2. The van der Waals surface area contributed by atoms with Crippen molar-refractivity contribution in [3.8, 4) is 11.4 Å². The predicted octanol–water partition coefficient (Wildman–Crippen LogP) is 4.25. The van der Waals surface area contributed by atoms with Crippen LogP contribution in [-0.4, -0.2) is 63.6 Å². The van der Waals surface area contributed by atoms with E-state index in [9.17, 15) is 28.7 Å². The van der Waals surface area contributed by atoms with Crippen molar-refractivity contribution in [1.82, 2.24) is 14.5 Å². The second kappa shape index (κ2) is 16.6. The number of aliphatic hydroxyl groups excluding tert-OH is 1. The highest BCUT2D eigenvalue weighted by Gasteiger charge is 2.35. The van der Waals surface area contributed by atoms with Gasteiger partial charge in [0, 0.05) is 42.2 Å². The lowest BCUT2D eigenvalue weighted by atomic mass is 9.85. The number of halogens is 1. The predicted molar refractivity (Wildman–Crippen MR) is 177 cm³/mol. The van der Waals surface area contributed by atoms with Crippen LogP contribution in [0.4, 0.5) is 4.39 Å². The summed E-state index contributed by atoms with van der Waals surface area (Å²) in [5, 5.41) is 11.2. The maximum absolute atomic E-state index is 14.5. The standard InChI is InChI=1S/C22H17FN2O4.C9H18N2O3.2C2H6/c1-9-10-3-2-4-11-13-7-25-17(19(13)24-16(18(10)11)6-15(9)23)5-12-14(21(25)27)8-29-22(28)20(12)26;1-3-9(13)11(7-8(10)12)5-6-14-4-2;2*1-2/h5-6,20,26H,2-4,7-8H2,1H3;3-7H2,1-2H3,(H2,10,12);2*1-2H3. The van der Waals surface area contributed by atoms with Crippen LogP contribution in [0.25, 0.3) is 22.3 Å². The summed E-state index contributed by atoms with van der Waals surface area (Å²) in [4.78, 5) is 53.0. The second-order valence-electron chi connectivity index (χ2n) is 10.8. The molecule has 3 aromatic rings. The molecule has 3 aliphatic rings. The summed E-state index contributed by atoms with van der Waals surface area (Å²) in [6.45, 7) is 15.1. The molecule has 1 aliphatic carbocycles. The number of fused-ring (bicyclic) bond motifs is 5. The highest BCUT2D eigenvalue weighted by molar-refractivity contribution is 5.92. The molecule has 12 heteroatoms. The molecule has 4 heterocycles. The number of aromatic nitrogens is 2. The van der Waals surface area contributed by atoms with Crippen molar-refractivity contribution in [2.45, 2.75) is 93.4 Å². The molecule has 3 N–H and O–H groups in total. The fraction of sp³-hybridized carbons (Fsp3) is 0.514. The van der Waals surface area contributed by atoms with Crippen LogP contribution in [0, 0.1) is 12.7 Å². The Morgan fingerprint density at radius 2 is 1.79 bits per heavy atom. The smallest absolute Gasteiger partial charge is 0.340 e. The molecule has 0 fully saturated rings. The summed E-state index contributed by atoms with van der Waals surface area (Å²) < 4.78 is 26.2. The summed E-state index contributed by atoms with van der Waals surface area (Å²) in [5.74, 6) is -1.61. The van der Waals surface area contributed by atoms with E-state index in [1.165, 1.54) is 11.0 Å². The number of pyridine rings is 2. The molecule has 1 unspecified atom stereocenters. The van der Waals surface area contributed by atoms with Gasteiger partial charge in [-0.3, -0.25) is 14.4 Å². The van der Waals surface area contributed by atoms with Crippen LogP contribution in [0.5, 0.6) is 0 Å². The number of cyclic esters (lactones) is 1. The third-order valence-electron chi connectivity index (χ3n) is 8.25. The first-order valence-electron chi connectivity index (χ1n) is 16.5. The second-order valence-corrected chi connectivity index (χ2v) is 10.8. The van der Waals surface area contributed by atoms with Crippen molar-refractivity contribution >= 4 is 28.7 Å². The summed E-state index contributed by atoms with van der Waals surface area (Å²) >= 11 is 0. The van der Waals surface area contributed by atoms with Gasteiger partial charge in [-0.05, 0) is 55.9 Å². The Morgan fingerprint density at radius 3 is 2.43 bits per heavy atom. The molecule has 0 saturated heterocycles. The van der Waals surface area contributed by atoms with E-state index in [2.05, 4.69) is 0 Å². The van der Waals surface area contributed by atoms with Gasteiger partial charge in [-0.15, -0.1) is 0 Å². The minimum absolute atomic E-state index is 0.0280. The normalized spacial score (nSPS) is 14.9. The van der Waals surface area contributed by atoms with E-state index < -0.39 is 18.0 Å². The van der Waals surface area contributed by atoms with E-state index in [1.807, 2.05) is 34.6 Å². The Morgan fingerprint density at radius 1 is 1.11 bits per heavy atom.